The van der Waals surface area contributed by atoms with Gasteiger partial charge in [0.2, 0.25) is 0 Å². The van der Waals surface area contributed by atoms with Gasteiger partial charge in [0.25, 0.3) is 0 Å². The quantitative estimate of drug-likeness (QED) is 0.809. The first-order chi connectivity index (χ1) is 8.70. The summed E-state index contributed by atoms with van der Waals surface area (Å²) in [6, 6.07) is 7.55. The highest BCUT2D eigenvalue weighted by Crippen LogP contribution is 2.25. The van der Waals surface area contributed by atoms with Gasteiger partial charge < -0.3 is 10.4 Å². The molecule has 4 heteroatoms. The predicted molar refractivity (Wildman–Crippen MR) is 76.4 cm³/mol. The van der Waals surface area contributed by atoms with Gasteiger partial charge in [0.1, 0.15) is 11.6 Å². The maximum absolute atomic E-state index is 9.56. The summed E-state index contributed by atoms with van der Waals surface area (Å²) in [7, 11) is 0. The zero-order chi connectivity index (χ0) is 13.0. The van der Waals surface area contributed by atoms with Crippen molar-refractivity contribution >= 4 is 28.2 Å². The number of aromatic nitrogens is 1. The first-order valence-electron chi connectivity index (χ1n) is 6.11. The summed E-state index contributed by atoms with van der Waals surface area (Å²) >= 11 is 5.69. The van der Waals surface area contributed by atoms with Crippen LogP contribution in [0, 0.1) is 0 Å². The second kappa shape index (κ2) is 5.91. The van der Waals surface area contributed by atoms with E-state index < -0.39 is 0 Å². The fourth-order valence-electron chi connectivity index (χ4n) is 1.96. The molecule has 0 aliphatic rings. The summed E-state index contributed by atoms with van der Waals surface area (Å²) in [5.41, 5.74) is 0. The first kappa shape index (κ1) is 13.0. The molecule has 3 nitrogen and oxygen atoms in total. The summed E-state index contributed by atoms with van der Waals surface area (Å²) in [5, 5.41) is 14.9. The standard InChI is InChI=1S/C14H17ClN2O/c1-10(3-2-7-15)17-14-13-9-12(18)5-4-11(13)6-8-16-14/h4-6,8-10,18H,2-3,7H2,1H3,(H,16,17). The van der Waals surface area contributed by atoms with Crippen molar-refractivity contribution in [3.05, 3.63) is 30.5 Å². The number of aromatic hydroxyl groups is 1. The number of phenolic OH excluding ortho intramolecular Hbond substituents is 1. The van der Waals surface area contributed by atoms with Crippen LogP contribution in [0.2, 0.25) is 0 Å². The van der Waals surface area contributed by atoms with Crippen molar-refractivity contribution in [1.82, 2.24) is 4.98 Å². The SMILES string of the molecule is CC(CCCCl)Nc1nccc2ccc(O)cc12. The van der Waals surface area contributed by atoms with Gasteiger partial charge in [0, 0.05) is 23.5 Å². The molecule has 2 aromatic rings. The molecule has 2 N–H and O–H groups in total. The molecule has 1 aromatic heterocycles. The van der Waals surface area contributed by atoms with Crippen LogP contribution in [-0.2, 0) is 0 Å². The maximum Gasteiger partial charge on any atom is 0.134 e. The molecule has 1 heterocycles. The van der Waals surface area contributed by atoms with Crippen molar-refractivity contribution in [2.75, 3.05) is 11.2 Å². The van der Waals surface area contributed by atoms with E-state index in [1.54, 1.807) is 18.3 Å². The Kier molecular flexibility index (Phi) is 4.26. The third kappa shape index (κ3) is 3.05. The lowest BCUT2D eigenvalue weighted by atomic mass is 10.1. The van der Waals surface area contributed by atoms with Crippen LogP contribution < -0.4 is 5.32 Å². The lowest BCUT2D eigenvalue weighted by Crippen LogP contribution is -2.16. The zero-order valence-electron chi connectivity index (χ0n) is 10.4. The van der Waals surface area contributed by atoms with Gasteiger partial charge in [-0.1, -0.05) is 6.07 Å². The topological polar surface area (TPSA) is 45.2 Å². The van der Waals surface area contributed by atoms with Crippen molar-refractivity contribution in [1.29, 1.82) is 0 Å². The van der Waals surface area contributed by atoms with Crippen LogP contribution in [0.3, 0.4) is 0 Å². The monoisotopic (exact) mass is 264 g/mol. The van der Waals surface area contributed by atoms with E-state index in [2.05, 4.69) is 17.2 Å². The minimum atomic E-state index is 0.256. The van der Waals surface area contributed by atoms with E-state index in [0.717, 1.165) is 29.4 Å². The van der Waals surface area contributed by atoms with Crippen LogP contribution in [0.1, 0.15) is 19.8 Å². The van der Waals surface area contributed by atoms with Crippen molar-refractivity contribution in [2.24, 2.45) is 0 Å². The molecule has 0 amide bonds. The molecule has 0 fully saturated rings. The zero-order valence-corrected chi connectivity index (χ0v) is 11.1. The second-order valence-corrected chi connectivity index (χ2v) is 4.82. The van der Waals surface area contributed by atoms with E-state index in [-0.39, 0.29) is 5.75 Å². The minimum absolute atomic E-state index is 0.256. The predicted octanol–water partition coefficient (Wildman–Crippen LogP) is 3.76. The molecule has 18 heavy (non-hydrogen) atoms. The number of pyridine rings is 1. The molecule has 1 atom stereocenters. The number of hydrogen-bond donors (Lipinski definition) is 2. The van der Waals surface area contributed by atoms with E-state index in [1.165, 1.54) is 0 Å². The van der Waals surface area contributed by atoms with Gasteiger partial charge in [-0.05, 0) is 43.4 Å². The minimum Gasteiger partial charge on any atom is -0.508 e. The number of phenols is 1. The third-order valence-electron chi connectivity index (χ3n) is 2.90. The Hall–Kier alpha value is -1.48. The molecule has 0 bridgehead atoms. The molecule has 0 aliphatic heterocycles. The van der Waals surface area contributed by atoms with E-state index in [4.69, 9.17) is 11.6 Å². The molecular formula is C14H17ClN2O. The molecule has 96 valence electrons. The van der Waals surface area contributed by atoms with Gasteiger partial charge in [-0.3, -0.25) is 0 Å². The molecule has 1 unspecified atom stereocenters. The number of anilines is 1. The molecule has 0 radical (unpaired) electrons. The molecular weight excluding hydrogens is 248 g/mol. The third-order valence-corrected chi connectivity index (χ3v) is 3.17. The highest BCUT2D eigenvalue weighted by atomic mass is 35.5. The molecule has 0 saturated carbocycles. The van der Waals surface area contributed by atoms with Gasteiger partial charge in [-0.15, -0.1) is 11.6 Å². The fourth-order valence-corrected chi connectivity index (χ4v) is 2.11. The van der Waals surface area contributed by atoms with Crippen LogP contribution in [0.15, 0.2) is 30.5 Å². The normalized spacial score (nSPS) is 12.6. The molecule has 1 aromatic carbocycles. The number of fused-ring (bicyclic) bond motifs is 1. The lowest BCUT2D eigenvalue weighted by Gasteiger charge is -2.15. The van der Waals surface area contributed by atoms with Crippen molar-refractivity contribution in [3.63, 3.8) is 0 Å². The number of benzene rings is 1. The molecule has 2 rings (SSSR count). The molecule has 0 spiro atoms. The Morgan fingerprint density at radius 1 is 1.39 bits per heavy atom. The van der Waals surface area contributed by atoms with E-state index >= 15 is 0 Å². The summed E-state index contributed by atoms with van der Waals surface area (Å²) in [6.45, 7) is 2.11. The van der Waals surface area contributed by atoms with Crippen LogP contribution in [0.4, 0.5) is 5.82 Å². The Balaban J connectivity index is 2.24. The lowest BCUT2D eigenvalue weighted by molar-refractivity contribution is 0.476. The highest BCUT2D eigenvalue weighted by Gasteiger charge is 2.07. The van der Waals surface area contributed by atoms with Gasteiger partial charge in [-0.2, -0.15) is 0 Å². The summed E-state index contributed by atoms with van der Waals surface area (Å²) in [5.74, 6) is 1.74. The molecule has 0 aliphatic carbocycles. The van der Waals surface area contributed by atoms with Crippen LogP contribution >= 0.6 is 11.6 Å². The number of nitrogens with one attached hydrogen (secondary N) is 1. The molecule has 0 saturated heterocycles. The fraction of sp³-hybridized carbons (Fsp3) is 0.357. The van der Waals surface area contributed by atoms with Gasteiger partial charge >= 0.3 is 0 Å². The van der Waals surface area contributed by atoms with Gasteiger partial charge in [0.15, 0.2) is 0 Å². The number of alkyl halides is 1. The largest absolute Gasteiger partial charge is 0.508 e. The Labute approximate surface area is 112 Å². The first-order valence-corrected chi connectivity index (χ1v) is 6.64. The van der Waals surface area contributed by atoms with Crippen LogP contribution in [0.25, 0.3) is 10.8 Å². The number of halogens is 1. The summed E-state index contributed by atoms with van der Waals surface area (Å²) in [4.78, 5) is 4.34. The summed E-state index contributed by atoms with van der Waals surface area (Å²) < 4.78 is 0. The van der Waals surface area contributed by atoms with E-state index in [9.17, 15) is 5.11 Å². The summed E-state index contributed by atoms with van der Waals surface area (Å²) in [6.07, 6.45) is 3.75. The van der Waals surface area contributed by atoms with Crippen molar-refractivity contribution in [2.45, 2.75) is 25.8 Å². The average Bonchev–Trinajstić information content (AvgIpc) is 2.37. The average molecular weight is 265 g/mol. The van der Waals surface area contributed by atoms with E-state index in [0.29, 0.717) is 11.9 Å². The maximum atomic E-state index is 9.56. The highest BCUT2D eigenvalue weighted by molar-refractivity contribution is 6.17. The Bertz CT molecular complexity index is 530. The van der Waals surface area contributed by atoms with Crippen LogP contribution in [0.5, 0.6) is 5.75 Å². The van der Waals surface area contributed by atoms with Gasteiger partial charge in [-0.25, -0.2) is 4.98 Å². The second-order valence-electron chi connectivity index (χ2n) is 4.44. The van der Waals surface area contributed by atoms with Gasteiger partial charge in [0.05, 0.1) is 0 Å². The van der Waals surface area contributed by atoms with Crippen LogP contribution in [-0.4, -0.2) is 22.0 Å². The smallest absolute Gasteiger partial charge is 0.134 e. The number of rotatable bonds is 5. The van der Waals surface area contributed by atoms with E-state index in [1.807, 2.05) is 12.1 Å². The number of nitrogens with zero attached hydrogens (tertiary/aromatic N) is 1. The Morgan fingerprint density at radius 3 is 3.00 bits per heavy atom. The van der Waals surface area contributed by atoms with Crippen molar-refractivity contribution in [3.8, 4) is 5.75 Å². The number of hydrogen-bond acceptors (Lipinski definition) is 3. The van der Waals surface area contributed by atoms with Crippen molar-refractivity contribution < 1.29 is 5.11 Å². The Morgan fingerprint density at radius 2 is 2.22 bits per heavy atom.